The van der Waals surface area contributed by atoms with E-state index in [2.05, 4.69) is 0 Å². The van der Waals surface area contributed by atoms with E-state index in [0.29, 0.717) is 12.3 Å². The molecule has 0 unspecified atom stereocenters. The highest BCUT2D eigenvalue weighted by atomic mass is 16.3. The Kier molecular flexibility index (Phi) is 3.32. The highest BCUT2D eigenvalue weighted by Crippen LogP contribution is 2.25. The van der Waals surface area contributed by atoms with Crippen molar-refractivity contribution in [3.05, 3.63) is 28.8 Å². The molecule has 3 N–H and O–H groups in total. The van der Waals surface area contributed by atoms with Crippen molar-refractivity contribution in [3.8, 4) is 5.75 Å². The van der Waals surface area contributed by atoms with Crippen molar-refractivity contribution in [3.63, 3.8) is 0 Å². The summed E-state index contributed by atoms with van der Waals surface area (Å²) < 4.78 is 0. The zero-order valence-electron chi connectivity index (χ0n) is 8.30. The van der Waals surface area contributed by atoms with Crippen LogP contribution < -0.4 is 5.73 Å². The fraction of sp³-hybridized carbons (Fsp3) is 0.455. The van der Waals surface area contributed by atoms with Crippen LogP contribution in [0.2, 0.25) is 0 Å². The van der Waals surface area contributed by atoms with Crippen molar-refractivity contribution in [2.24, 2.45) is 5.73 Å². The summed E-state index contributed by atoms with van der Waals surface area (Å²) in [5.74, 6) is 0.438. The normalized spacial score (nSPS) is 10.4. The van der Waals surface area contributed by atoms with Crippen LogP contribution in [-0.4, -0.2) is 11.7 Å². The molecule has 0 bridgehead atoms. The Morgan fingerprint density at radius 3 is 2.62 bits per heavy atom. The number of phenols is 1. The highest BCUT2D eigenvalue weighted by Gasteiger charge is 2.05. The van der Waals surface area contributed by atoms with Crippen LogP contribution in [0.4, 0.5) is 0 Å². The predicted octanol–water partition coefficient (Wildman–Crippen LogP) is 1.90. The molecule has 0 spiro atoms. The second-order valence-electron chi connectivity index (χ2n) is 3.41. The number of aromatic hydroxyl groups is 1. The van der Waals surface area contributed by atoms with Crippen LogP contribution in [0.25, 0.3) is 0 Å². The van der Waals surface area contributed by atoms with E-state index in [1.807, 2.05) is 26.0 Å². The third kappa shape index (κ3) is 2.22. The summed E-state index contributed by atoms with van der Waals surface area (Å²) in [6.07, 6.45) is 1.79. The summed E-state index contributed by atoms with van der Waals surface area (Å²) in [6, 6.07) is 4.02. The van der Waals surface area contributed by atoms with Gasteiger partial charge < -0.3 is 10.8 Å². The molecule has 1 aromatic rings. The lowest BCUT2D eigenvalue weighted by Gasteiger charge is -2.08. The average molecular weight is 179 g/mol. The van der Waals surface area contributed by atoms with Crippen LogP contribution in [0.3, 0.4) is 0 Å². The molecule has 2 nitrogen and oxygen atoms in total. The molecular formula is C11H17NO. The van der Waals surface area contributed by atoms with Gasteiger partial charge in [0.05, 0.1) is 0 Å². The van der Waals surface area contributed by atoms with Crippen LogP contribution in [0.1, 0.15) is 23.1 Å². The molecule has 0 saturated heterocycles. The van der Waals surface area contributed by atoms with Gasteiger partial charge in [-0.05, 0) is 49.9 Å². The minimum atomic E-state index is 0.438. The minimum absolute atomic E-state index is 0.438. The highest BCUT2D eigenvalue weighted by molar-refractivity contribution is 5.44. The molecule has 0 fully saturated rings. The van der Waals surface area contributed by atoms with E-state index in [9.17, 15) is 5.11 Å². The molecule has 72 valence electrons. The molecule has 0 aliphatic rings. The molecule has 0 aliphatic heterocycles. The topological polar surface area (TPSA) is 46.2 Å². The third-order valence-electron chi connectivity index (χ3n) is 2.44. The maximum Gasteiger partial charge on any atom is 0.121 e. The lowest BCUT2D eigenvalue weighted by molar-refractivity contribution is 0.462. The average Bonchev–Trinajstić information content (AvgIpc) is 2.13. The van der Waals surface area contributed by atoms with Gasteiger partial charge in [-0.3, -0.25) is 0 Å². The monoisotopic (exact) mass is 179 g/mol. The van der Waals surface area contributed by atoms with Crippen molar-refractivity contribution >= 4 is 0 Å². The Hall–Kier alpha value is -1.02. The summed E-state index contributed by atoms with van der Waals surface area (Å²) in [5.41, 5.74) is 8.54. The molecule has 0 heterocycles. The van der Waals surface area contributed by atoms with Gasteiger partial charge in [0.25, 0.3) is 0 Å². The third-order valence-corrected chi connectivity index (χ3v) is 2.44. The Morgan fingerprint density at radius 2 is 2.00 bits per heavy atom. The lowest BCUT2D eigenvalue weighted by Crippen LogP contribution is -2.01. The van der Waals surface area contributed by atoms with Crippen molar-refractivity contribution in [2.45, 2.75) is 26.7 Å². The maximum atomic E-state index is 9.76. The van der Waals surface area contributed by atoms with E-state index in [1.165, 1.54) is 0 Å². The van der Waals surface area contributed by atoms with E-state index in [0.717, 1.165) is 29.5 Å². The van der Waals surface area contributed by atoms with E-state index in [4.69, 9.17) is 5.73 Å². The molecule has 0 radical (unpaired) electrons. The molecular weight excluding hydrogens is 162 g/mol. The summed E-state index contributed by atoms with van der Waals surface area (Å²) in [7, 11) is 0. The van der Waals surface area contributed by atoms with Gasteiger partial charge >= 0.3 is 0 Å². The van der Waals surface area contributed by atoms with Gasteiger partial charge in [0.1, 0.15) is 5.75 Å². The quantitative estimate of drug-likeness (QED) is 0.744. The number of hydrogen-bond acceptors (Lipinski definition) is 2. The molecule has 0 aliphatic carbocycles. The number of aryl methyl sites for hydroxylation is 2. The smallest absolute Gasteiger partial charge is 0.121 e. The SMILES string of the molecule is Cc1ccc(CCCN)c(O)c1C. The molecule has 0 saturated carbocycles. The number of hydrogen-bond donors (Lipinski definition) is 2. The Labute approximate surface area is 79.4 Å². The number of phenolic OH excluding ortho intramolecular Hbond substituents is 1. The Bertz CT molecular complexity index is 294. The summed E-state index contributed by atoms with van der Waals surface area (Å²) in [6.45, 7) is 4.62. The first-order chi connectivity index (χ1) is 6.16. The Balaban J connectivity index is 2.90. The number of nitrogens with two attached hydrogens (primary N) is 1. The fourth-order valence-corrected chi connectivity index (χ4v) is 1.35. The first-order valence-corrected chi connectivity index (χ1v) is 4.65. The van der Waals surface area contributed by atoms with E-state index in [-0.39, 0.29) is 0 Å². The molecule has 0 atom stereocenters. The van der Waals surface area contributed by atoms with Crippen LogP contribution in [0.5, 0.6) is 5.75 Å². The second kappa shape index (κ2) is 4.28. The number of benzene rings is 1. The van der Waals surface area contributed by atoms with Crippen molar-refractivity contribution in [1.29, 1.82) is 0 Å². The zero-order chi connectivity index (χ0) is 9.84. The molecule has 1 rings (SSSR count). The van der Waals surface area contributed by atoms with E-state index in [1.54, 1.807) is 0 Å². The Morgan fingerprint density at radius 1 is 1.31 bits per heavy atom. The van der Waals surface area contributed by atoms with Crippen LogP contribution >= 0.6 is 0 Å². The van der Waals surface area contributed by atoms with Gasteiger partial charge in [-0.2, -0.15) is 0 Å². The lowest BCUT2D eigenvalue weighted by atomic mass is 10.0. The fourth-order valence-electron chi connectivity index (χ4n) is 1.35. The van der Waals surface area contributed by atoms with Gasteiger partial charge in [0.15, 0.2) is 0 Å². The van der Waals surface area contributed by atoms with Gasteiger partial charge in [0.2, 0.25) is 0 Å². The molecule has 0 amide bonds. The summed E-state index contributed by atoms with van der Waals surface area (Å²) in [4.78, 5) is 0. The van der Waals surface area contributed by atoms with Gasteiger partial charge in [0, 0.05) is 0 Å². The van der Waals surface area contributed by atoms with Crippen molar-refractivity contribution < 1.29 is 5.11 Å². The van der Waals surface area contributed by atoms with E-state index < -0.39 is 0 Å². The standard InChI is InChI=1S/C11H17NO/c1-8-5-6-10(4-3-7-12)11(13)9(8)2/h5-6,13H,3-4,7,12H2,1-2H3. The summed E-state index contributed by atoms with van der Waals surface area (Å²) >= 11 is 0. The largest absolute Gasteiger partial charge is 0.507 e. The first kappa shape index (κ1) is 10.1. The van der Waals surface area contributed by atoms with Crippen LogP contribution in [-0.2, 0) is 6.42 Å². The number of rotatable bonds is 3. The van der Waals surface area contributed by atoms with Crippen LogP contribution in [0, 0.1) is 13.8 Å². The van der Waals surface area contributed by atoms with Gasteiger partial charge in [-0.25, -0.2) is 0 Å². The van der Waals surface area contributed by atoms with Gasteiger partial charge in [-0.15, -0.1) is 0 Å². The molecule has 2 heteroatoms. The second-order valence-corrected chi connectivity index (χ2v) is 3.41. The first-order valence-electron chi connectivity index (χ1n) is 4.65. The molecule has 1 aromatic carbocycles. The zero-order valence-corrected chi connectivity index (χ0v) is 8.30. The maximum absolute atomic E-state index is 9.76. The van der Waals surface area contributed by atoms with Gasteiger partial charge in [-0.1, -0.05) is 12.1 Å². The van der Waals surface area contributed by atoms with Crippen molar-refractivity contribution in [2.75, 3.05) is 6.54 Å². The van der Waals surface area contributed by atoms with Crippen molar-refractivity contribution in [1.82, 2.24) is 0 Å². The van der Waals surface area contributed by atoms with E-state index >= 15 is 0 Å². The molecule has 13 heavy (non-hydrogen) atoms. The minimum Gasteiger partial charge on any atom is -0.507 e. The van der Waals surface area contributed by atoms with Crippen LogP contribution in [0.15, 0.2) is 12.1 Å². The molecule has 0 aromatic heterocycles. The summed E-state index contributed by atoms with van der Waals surface area (Å²) in [5, 5.41) is 9.76. The predicted molar refractivity (Wildman–Crippen MR) is 55.0 cm³/mol.